The molecule has 130 valence electrons. The zero-order chi connectivity index (χ0) is 18.0. The maximum atomic E-state index is 11.9. The number of rotatable bonds is 5. The van der Waals surface area contributed by atoms with Gasteiger partial charge in [0, 0.05) is 17.7 Å². The van der Waals surface area contributed by atoms with E-state index in [0.29, 0.717) is 22.0 Å². The van der Waals surface area contributed by atoms with Gasteiger partial charge in [-0.15, -0.1) is 0 Å². The normalized spacial score (nSPS) is 10.9. The fourth-order valence-electron chi connectivity index (χ4n) is 2.35. The number of fused-ring (bicyclic) bond motifs is 1. The summed E-state index contributed by atoms with van der Waals surface area (Å²) in [6.45, 7) is 3.70. The van der Waals surface area contributed by atoms with Crippen LogP contribution in [0.5, 0.6) is 11.5 Å². The number of hydrogen-bond donors (Lipinski definition) is 1. The third kappa shape index (κ3) is 3.41. The zero-order valence-corrected chi connectivity index (χ0v) is 15.3. The van der Waals surface area contributed by atoms with Gasteiger partial charge in [-0.05, 0) is 35.3 Å². The largest absolute Gasteiger partial charge is 0.493 e. The molecule has 1 aromatic carbocycles. The number of anilines is 1. The highest BCUT2D eigenvalue weighted by molar-refractivity contribution is 7.12. The first-order valence-electron chi connectivity index (χ1n) is 7.82. The Balaban J connectivity index is 1.96. The van der Waals surface area contributed by atoms with E-state index in [4.69, 9.17) is 9.47 Å². The summed E-state index contributed by atoms with van der Waals surface area (Å²) >= 11 is 1.24. The lowest BCUT2D eigenvalue weighted by molar-refractivity contribution is -0.118. The molecule has 0 unspecified atom stereocenters. The Morgan fingerprint density at radius 2 is 1.88 bits per heavy atom. The van der Waals surface area contributed by atoms with Gasteiger partial charge in [0.15, 0.2) is 11.5 Å². The van der Waals surface area contributed by atoms with Gasteiger partial charge in [0.25, 0.3) is 0 Å². The predicted molar refractivity (Wildman–Crippen MR) is 99.4 cm³/mol. The molecule has 3 rings (SSSR count). The van der Waals surface area contributed by atoms with Crippen molar-refractivity contribution in [2.45, 2.75) is 13.8 Å². The fraction of sp³-hybridized carbons (Fsp3) is 0.278. The third-order valence-corrected chi connectivity index (χ3v) is 4.56. The van der Waals surface area contributed by atoms with Crippen molar-refractivity contribution in [2.75, 3.05) is 19.5 Å². The molecule has 0 saturated heterocycles. The van der Waals surface area contributed by atoms with Crippen molar-refractivity contribution in [1.29, 1.82) is 0 Å². The SMILES string of the molecule is COc1ccc(-c2cnc3c(NC(=O)C(C)C)snc3c2)cc1OC. The number of aromatic nitrogens is 2. The second-order valence-corrected chi connectivity index (χ2v) is 6.59. The van der Waals surface area contributed by atoms with E-state index in [1.807, 2.05) is 38.1 Å². The van der Waals surface area contributed by atoms with Crippen molar-refractivity contribution in [3.05, 3.63) is 30.5 Å². The summed E-state index contributed by atoms with van der Waals surface area (Å²) in [7, 11) is 3.21. The molecule has 1 amide bonds. The highest BCUT2D eigenvalue weighted by Gasteiger charge is 2.14. The second kappa shape index (κ2) is 7.06. The van der Waals surface area contributed by atoms with Crippen LogP contribution >= 0.6 is 11.5 Å². The van der Waals surface area contributed by atoms with Crippen LogP contribution < -0.4 is 14.8 Å². The maximum Gasteiger partial charge on any atom is 0.227 e. The van der Waals surface area contributed by atoms with Crippen LogP contribution in [0.25, 0.3) is 22.2 Å². The minimum absolute atomic E-state index is 0.0451. The van der Waals surface area contributed by atoms with E-state index in [0.717, 1.165) is 16.6 Å². The highest BCUT2D eigenvalue weighted by atomic mass is 32.1. The molecule has 3 aromatic rings. The first-order valence-corrected chi connectivity index (χ1v) is 8.59. The Bertz CT molecular complexity index is 921. The molecule has 0 saturated carbocycles. The van der Waals surface area contributed by atoms with E-state index in [-0.39, 0.29) is 11.8 Å². The molecule has 0 bridgehead atoms. The Labute approximate surface area is 150 Å². The number of pyridine rings is 1. The number of carbonyl (C=O) groups is 1. The van der Waals surface area contributed by atoms with Gasteiger partial charge in [-0.3, -0.25) is 9.78 Å². The number of amides is 1. The van der Waals surface area contributed by atoms with Crippen molar-refractivity contribution < 1.29 is 14.3 Å². The van der Waals surface area contributed by atoms with Gasteiger partial charge in [0.2, 0.25) is 5.91 Å². The fourth-order valence-corrected chi connectivity index (χ4v) is 3.07. The summed E-state index contributed by atoms with van der Waals surface area (Å²) < 4.78 is 15.0. The number of ether oxygens (including phenoxy) is 2. The average Bonchev–Trinajstić information content (AvgIpc) is 3.03. The van der Waals surface area contributed by atoms with E-state index < -0.39 is 0 Å². The molecule has 7 heteroatoms. The summed E-state index contributed by atoms with van der Waals surface area (Å²) in [4.78, 5) is 16.4. The van der Waals surface area contributed by atoms with Crippen LogP contribution in [0.3, 0.4) is 0 Å². The van der Waals surface area contributed by atoms with Crippen LogP contribution in [0, 0.1) is 5.92 Å². The molecule has 2 aromatic heterocycles. The summed E-state index contributed by atoms with van der Waals surface area (Å²) in [6.07, 6.45) is 1.77. The van der Waals surface area contributed by atoms with Crippen molar-refractivity contribution in [3.8, 4) is 22.6 Å². The molecule has 0 aliphatic heterocycles. The van der Waals surface area contributed by atoms with E-state index in [1.165, 1.54) is 11.5 Å². The monoisotopic (exact) mass is 357 g/mol. The molecule has 0 aliphatic rings. The number of nitrogens with zero attached hydrogens (tertiary/aromatic N) is 2. The molecule has 25 heavy (non-hydrogen) atoms. The standard InChI is InChI=1S/C18H19N3O3S/c1-10(2)17(22)20-18-16-13(21-25-18)7-12(9-19-16)11-5-6-14(23-3)15(8-11)24-4/h5-10H,1-4H3,(H,20,22). The summed E-state index contributed by atoms with van der Waals surface area (Å²) in [6, 6.07) is 7.65. The molecule has 6 nitrogen and oxygen atoms in total. The van der Waals surface area contributed by atoms with Gasteiger partial charge in [0.05, 0.1) is 14.2 Å². The number of carbonyl (C=O) groups excluding carboxylic acids is 1. The van der Waals surface area contributed by atoms with E-state index >= 15 is 0 Å². The van der Waals surface area contributed by atoms with E-state index in [1.54, 1.807) is 20.4 Å². The third-order valence-electron chi connectivity index (χ3n) is 3.80. The number of nitrogens with one attached hydrogen (secondary N) is 1. The number of hydrogen-bond acceptors (Lipinski definition) is 6. The quantitative estimate of drug-likeness (QED) is 0.748. The van der Waals surface area contributed by atoms with Crippen molar-refractivity contribution in [3.63, 3.8) is 0 Å². The van der Waals surface area contributed by atoms with E-state index in [9.17, 15) is 4.79 Å². The van der Waals surface area contributed by atoms with Crippen LogP contribution in [0.15, 0.2) is 30.5 Å². The van der Waals surface area contributed by atoms with Crippen LogP contribution in [-0.2, 0) is 4.79 Å². The molecule has 1 N–H and O–H groups in total. The summed E-state index contributed by atoms with van der Waals surface area (Å²) in [5.41, 5.74) is 3.31. The van der Waals surface area contributed by atoms with Crippen molar-refractivity contribution in [2.24, 2.45) is 5.92 Å². The van der Waals surface area contributed by atoms with E-state index in [2.05, 4.69) is 14.7 Å². The van der Waals surface area contributed by atoms with Gasteiger partial charge < -0.3 is 14.8 Å². The number of methoxy groups -OCH3 is 2. The van der Waals surface area contributed by atoms with Crippen LogP contribution in [0.2, 0.25) is 0 Å². The molecule has 2 heterocycles. The van der Waals surface area contributed by atoms with Crippen LogP contribution in [-0.4, -0.2) is 29.5 Å². The molecule has 0 atom stereocenters. The Kier molecular flexibility index (Phi) is 4.85. The molecule has 0 aliphatic carbocycles. The summed E-state index contributed by atoms with van der Waals surface area (Å²) in [5.74, 6) is 1.19. The topological polar surface area (TPSA) is 73.3 Å². The molecule has 0 fully saturated rings. The Morgan fingerprint density at radius 1 is 1.12 bits per heavy atom. The molecule has 0 spiro atoms. The molecular formula is C18H19N3O3S. The molecular weight excluding hydrogens is 338 g/mol. The van der Waals surface area contributed by atoms with Gasteiger partial charge in [-0.25, -0.2) is 0 Å². The first-order chi connectivity index (χ1) is 12.0. The summed E-state index contributed by atoms with van der Waals surface area (Å²) in [5, 5.41) is 3.55. The predicted octanol–water partition coefficient (Wildman–Crippen LogP) is 3.97. The average molecular weight is 357 g/mol. The Morgan fingerprint density at radius 3 is 2.56 bits per heavy atom. The van der Waals surface area contributed by atoms with Gasteiger partial charge >= 0.3 is 0 Å². The smallest absolute Gasteiger partial charge is 0.227 e. The molecule has 0 radical (unpaired) electrons. The van der Waals surface area contributed by atoms with Gasteiger partial charge in [-0.2, -0.15) is 4.37 Å². The van der Waals surface area contributed by atoms with Crippen molar-refractivity contribution >= 4 is 33.5 Å². The first kappa shape index (κ1) is 17.2. The Hall–Kier alpha value is -2.67. The second-order valence-electron chi connectivity index (χ2n) is 5.82. The minimum Gasteiger partial charge on any atom is -0.493 e. The maximum absolute atomic E-state index is 11.9. The highest BCUT2D eigenvalue weighted by Crippen LogP contribution is 2.34. The minimum atomic E-state index is -0.0943. The number of benzene rings is 1. The van der Waals surface area contributed by atoms with Crippen LogP contribution in [0.4, 0.5) is 5.00 Å². The lowest BCUT2D eigenvalue weighted by atomic mass is 10.1. The lowest BCUT2D eigenvalue weighted by Gasteiger charge is -2.09. The van der Waals surface area contributed by atoms with Gasteiger partial charge in [0.1, 0.15) is 16.0 Å². The van der Waals surface area contributed by atoms with Crippen molar-refractivity contribution in [1.82, 2.24) is 9.36 Å². The lowest BCUT2D eigenvalue weighted by Crippen LogP contribution is -2.17. The van der Waals surface area contributed by atoms with Gasteiger partial charge in [-0.1, -0.05) is 19.9 Å². The zero-order valence-electron chi connectivity index (χ0n) is 14.5. The van der Waals surface area contributed by atoms with Crippen LogP contribution in [0.1, 0.15) is 13.8 Å².